The second-order valence-electron chi connectivity index (χ2n) is 3.85. The van der Waals surface area contributed by atoms with Crippen LogP contribution in [0.1, 0.15) is 0 Å². The van der Waals surface area contributed by atoms with Gasteiger partial charge in [-0.1, -0.05) is 23.8 Å². The first-order valence-corrected chi connectivity index (χ1v) is 6.11. The molecule has 7 heteroatoms. The zero-order valence-corrected chi connectivity index (χ0v) is 10.8. The number of benzene rings is 1. The van der Waals surface area contributed by atoms with E-state index in [1.165, 1.54) is 4.90 Å². The summed E-state index contributed by atoms with van der Waals surface area (Å²) < 4.78 is 11.1. The second kappa shape index (κ2) is 4.17. The van der Waals surface area contributed by atoms with Crippen molar-refractivity contribution in [3.63, 3.8) is 0 Å². The molecule has 2 saturated heterocycles. The Hall–Kier alpha value is -1.21. The number of carbonyl (C=O) groups excluding carboxylic acids is 1. The van der Waals surface area contributed by atoms with Gasteiger partial charge in [0, 0.05) is 5.02 Å². The predicted molar refractivity (Wildman–Crippen MR) is 69.7 cm³/mol. The van der Waals surface area contributed by atoms with E-state index >= 15 is 0 Å². The Morgan fingerprint density at radius 1 is 1.28 bits per heavy atom. The van der Waals surface area contributed by atoms with Gasteiger partial charge in [0.05, 0.1) is 18.9 Å². The fourth-order valence-corrected chi connectivity index (χ4v) is 2.43. The van der Waals surface area contributed by atoms with E-state index in [-0.39, 0.29) is 11.0 Å². The van der Waals surface area contributed by atoms with E-state index in [2.05, 4.69) is 5.32 Å². The normalized spacial score (nSPS) is 21.7. The molecule has 1 aromatic rings. The van der Waals surface area contributed by atoms with Crippen LogP contribution in [-0.2, 0) is 9.47 Å². The van der Waals surface area contributed by atoms with E-state index in [1.807, 2.05) is 0 Å². The van der Waals surface area contributed by atoms with Crippen LogP contribution in [0.2, 0.25) is 5.02 Å². The second-order valence-corrected chi connectivity index (χ2v) is 4.69. The number of urea groups is 1. The summed E-state index contributed by atoms with van der Waals surface area (Å²) in [6, 6.07) is 6.43. The van der Waals surface area contributed by atoms with Crippen molar-refractivity contribution in [1.29, 1.82) is 0 Å². The lowest BCUT2D eigenvalue weighted by Crippen LogP contribution is -2.50. The highest BCUT2D eigenvalue weighted by Crippen LogP contribution is 2.35. The van der Waals surface area contributed by atoms with Gasteiger partial charge in [-0.15, -0.1) is 0 Å². The summed E-state index contributed by atoms with van der Waals surface area (Å²) >= 11 is 10.9. The molecule has 2 aliphatic heterocycles. The number of nitrogens with zero attached hydrogens (tertiary/aromatic N) is 1. The molecule has 0 radical (unpaired) electrons. The van der Waals surface area contributed by atoms with Crippen LogP contribution in [0.25, 0.3) is 0 Å². The van der Waals surface area contributed by atoms with Gasteiger partial charge in [0.2, 0.25) is 0 Å². The first-order chi connectivity index (χ1) is 8.63. The molecule has 0 saturated carbocycles. The van der Waals surface area contributed by atoms with Crippen LogP contribution in [-0.4, -0.2) is 30.1 Å². The van der Waals surface area contributed by atoms with Crippen LogP contribution in [0.5, 0.6) is 0 Å². The standard InChI is InChI=1S/C11H9ClN2O3S/c12-7-1-3-8(4-2-7)14-10(15)13-9(18)11(14)16-5-6-17-11/h1-4H,5-6H2,(H,13,15,18). The molecule has 3 rings (SSSR count). The third-order valence-corrected chi connectivity index (χ3v) is 3.38. The molecule has 1 aromatic carbocycles. The molecule has 2 amide bonds. The summed E-state index contributed by atoms with van der Waals surface area (Å²) in [7, 11) is 0. The van der Waals surface area contributed by atoms with Gasteiger partial charge in [-0.25, -0.2) is 9.69 Å². The molecule has 1 spiro atoms. The summed E-state index contributed by atoms with van der Waals surface area (Å²) in [5.74, 6) is -1.31. The largest absolute Gasteiger partial charge is 0.331 e. The quantitative estimate of drug-likeness (QED) is 0.800. The zero-order valence-electron chi connectivity index (χ0n) is 9.18. The van der Waals surface area contributed by atoms with Gasteiger partial charge in [-0.2, -0.15) is 0 Å². The highest BCUT2D eigenvalue weighted by atomic mass is 35.5. The highest BCUT2D eigenvalue weighted by Gasteiger charge is 2.56. The summed E-state index contributed by atoms with van der Waals surface area (Å²) in [6.45, 7) is 0.776. The zero-order chi connectivity index (χ0) is 12.8. The Morgan fingerprint density at radius 2 is 1.89 bits per heavy atom. The minimum atomic E-state index is -1.31. The molecule has 2 aliphatic rings. The Labute approximate surface area is 114 Å². The third kappa shape index (κ3) is 1.61. The number of thiocarbonyl (C=S) groups is 1. The SMILES string of the molecule is O=C1NC(=S)C2(OCCO2)N1c1ccc(Cl)cc1. The van der Waals surface area contributed by atoms with Crippen LogP contribution in [0.15, 0.2) is 24.3 Å². The number of halogens is 1. The van der Waals surface area contributed by atoms with Gasteiger partial charge < -0.3 is 9.47 Å². The molecule has 0 bridgehead atoms. The fourth-order valence-electron chi connectivity index (χ4n) is 2.01. The number of ether oxygens (including phenoxy) is 2. The minimum Gasteiger partial charge on any atom is -0.324 e. The summed E-state index contributed by atoms with van der Waals surface area (Å²) in [5, 5.41) is 3.13. The topological polar surface area (TPSA) is 50.8 Å². The van der Waals surface area contributed by atoms with Crippen molar-refractivity contribution in [2.75, 3.05) is 18.1 Å². The van der Waals surface area contributed by atoms with Crippen LogP contribution < -0.4 is 10.2 Å². The molecule has 2 heterocycles. The number of anilines is 1. The van der Waals surface area contributed by atoms with E-state index < -0.39 is 5.91 Å². The van der Waals surface area contributed by atoms with Crippen molar-refractivity contribution < 1.29 is 14.3 Å². The predicted octanol–water partition coefficient (Wildman–Crippen LogP) is 1.90. The van der Waals surface area contributed by atoms with Crippen molar-refractivity contribution >= 4 is 40.5 Å². The van der Waals surface area contributed by atoms with Crippen LogP contribution in [0.4, 0.5) is 10.5 Å². The van der Waals surface area contributed by atoms with Crippen LogP contribution in [0, 0.1) is 0 Å². The van der Waals surface area contributed by atoms with E-state index in [9.17, 15) is 4.79 Å². The van der Waals surface area contributed by atoms with Crippen LogP contribution >= 0.6 is 23.8 Å². The highest BCUT2D eigenvalue weighted by molar-refractivity contribution is 7.80. The van der Waals surface area contributed by atoms with Gasteiger partial charge in [0.25, 0.3) is 0 Å². The molecule has 0 aromatic heterocycles. The number of amides is 2. The van der Waals surface area contributed by atoms with Crippen LogP contribution in [0.3, 0.4) is 0 Å². The summed E-state index contributed by atoms with van der Waals surface area (Å²) in [5.41, 5.74) is 0.610. The molecule has 0 atom stereocenters. The first-order valence-electron chi connectivity index (χ1n) is 5.33. The van der Waals surface area contributed by atoms with Gasteiger partial charge in [-0.3, -0.25) is 5.32 Å². The molecule has 94 valence electrons. The molecule has 18 heavy (non-hydrogen) atoms. The number of carbonyl (C=O) groups is 1. The smallest absolute Gasteiger partial charge is 0.324 e. The molecular formula is C11H9ClN2O3S. The van der Waals surface area contributed by atoms with Crippen molar-refractivity contribution in [2.45, 2.75) is 5.91 Å². The molecule has 0 aliphatic carbocycles. The van der Waals surface area contributed by atoms with Gasteiger partial charge in [0.1, 0.15) is 0 Å². The van der Waals surface area contributed by atoms with Crippen molar-refractivity contribution in [3.05, 3.63) is 29.3 Å². The maximum absolute atomic E-state index is 12.0. The third-order valence-electron chi connectivity index (χ3n) is 2.77. The van der Waals surface area contributed by atoms with E-state index in [4.69, 9.17) is 33.3 Å². The van der Waals surface area contributed by atoms with E-state index in [1.54, 1.807) is 24.3 Å². The van der Waals surface area contributed by atoms with Crippen molar-refractivity contribution in [1.82, 2.24) is 5.32 Å². The fraction of sp³-hybridized carbons (Fsp3) is 0.273. The monoisotopic (exact) mass is 284 g/mol. The number of hydrogen-bond donors (Lipinski definition) is 1. The number of nitrogens with one attached hydrogen (secondary N) is 1. The number of hydrogen-bond acceptors (Lipinski definition) is 4. The Balaban J connectivity index is 2.05. The Bertz CT molecular complexity index is 514. The maximum Gasteiger partial charge on any atom is 0.331 e. The molecular weight excluding hydrogens is 276 g/mol. The summed E-state index contributed by atoms with van der Waals surface area (Å²) in [6.07, 6.45) is 0. The van der Waals surface area contributed by atoms with E-state index in [0.717, 1.165) is 0 Å². The van der Waals surface area contributed by atoms with Gasteiger partial charge in [-0.05, 0) is 24.3 Å². The average molecular weight is 285 g/mol. The average Bonchev–Trinajstić information content (AvgIpc) is 2.90. The van der Waals surface area contributed by atoms with Crippen molar-refractivity contribution in [2.24, 2.45) is 0 Å². The summed E-state index contributed by atoms with van der Waals surface area (Å²) in [4.78, 5) is 13.5. The Kier molecular flexibility index (Phi) is 2.74. The van der Waals surface area contributed by atoms with Gasteiger partial charge in [0.15, 0.2) is 4.99 Å². The van der Waals surface area contributed by atoms with Gasteiger partial charge >= 0.3 is 11.9 Å². The minimum absolute atomic E-state index is 0.222. The molecule has 2 fully saturated rings. The van der Waals surface area contributed by atoms with Crippen molar-refractivity contribution in [3.8, 4) is 0 Å². The lowest BCUT2D eigenvalue weighted by molar-refractivity contribution is -0.0853. The Morgan fingerprint density at radius 3 is 2.50 bits per heavy atom. The molecule has 5 nitrogen and oxygen atoms in total. The maximum atomic E-state index is 12.0. The van der Waals surface area contributed by atoms with E-state index in [0.29, 0.717) is 23.9 Å². The molecule has 0 unspecified atom stereocenters. The number of rotatable bonds is 1. The lowest BCUT2D eigenvalue weighted by atomic mass is 10.3. The molecule has 1 N–H and O–H groups in total. The first kappa shape index (κ1) is 11.9. The lowest BCUT2D eigenvalue weighted by Gasteiger charge is -2.30.